The van der Waals surface area contributed by atoms with E-state index in [2.05, 4.69) is 4.98 Å². The Labute approximate surface area is 161 Å². The Hall–Kier alpha value is -2.31. The lowest BCUT2D eigenvalue weighted by Gasteiger charge is -2.14. The number of carbonyl (C=O) groups excluding carboxylic acids is 1. The maximum absolute atomic E-state index is 12.4. The van der Waals surface area contributed by atoms with E-state index >= 15 is 0 Å². The third-order valence-electron chi connectivity index (χ3n) is 3.69. The molecule has 0 unspecified atom stereocenters. The van der Waals surface area contributed by atoms with Crippen molar-refractivity contribution in [3.8, 4) is 17.0 Å². The highest BCUT2D eigenvalue weighted by molar-refractivity contribution is 8.01. The van der Waals surface area contributed by atoms with Crippen molar-refractivity contribution in [3.63, 3.8) is 0 Å². The van der Waals surface area contributed by atoms with Crippen LogP contribution in [0.4, 0.5) is 0 Å². The molecular formula is C20H19NO3S2. The van der Waals surface area contributed by atoms with Gasteiger partial charge in [-0.1, -0.05) is 42.1 Å². The first-order valence-electron chi connectivity index (χ1n) is 8.19. The molecule has 2 aromatic carbocycles. The van der Waals surface area contributed by atoms with Crippen molar-refractivity contribution in [2.24, 2.45) is 0 Å². The largest absolute Gasteiger partial charge is 0.497 e. The molecule has 0 aliphatic carbocycles. The van der Waals surface area contributed by atoms with Crippen LogP contribution in [0, 0.1) is 0 Å². The lowest BCUT2D eigenvalue weighted by atomic mass is 10.1. The normalized spacial score (nSPS) is 11.8. The molecule has 0 saturated heterocycles. The van der Waals surface area contributed by atoms with E-state index in [0.717, 1.165) is 26.9 Å². The highest BCUT2D eigenvalue weighted by atomic mass is 32.2. The molecule has 0 spiro atoms. The molecule has 6 heteroatoms. The topological polar surface area (TPSA) is 48.4 Å². The molecule has 3 aromatic rings. The van der Waals surface area contributed by atoms with Crippen LogP contribution in [-0.2, 0) is 9.53 Å². The van der Waals surface area contributed by atoms with Crippen molar-refractivity contribution in [3.05, 3.63) is 65.5 Å². The molecule has 4 nitrogen and oxygen atoms in total. The van der Waals surface area contributed by atoms with Gasteiger partial charge in [0.25, 0.3) is 0 Å². The molecule has 0 radical (unpaired) electrons. The summed E-state index contributed by atoms with van der Waals surface area (Å²) in [5.74, 6) is 0.565. The highest BCUT2D eigenvalue weighted by Gasteiger charge is 2.24. The summed E-state index contributed by atoms with van der Waals surface area (Å²) < 4.78 is 11.3. The number of hydrogen-bond donors (Lipinski definition) is 0. The maximum atomic E-state index is 12.4. The highest BCUT2D eigenvalue weighted by Crippen LogP contribution is 2.39. The number of nitrogens with zero attached hydrogens (tertiary/aromatic N) is 1. The van der Waals surface area contributed by atoms with Crippen molar-refractivity contribution in [2.75, 3.05) is 13.7 Å². The summed E-state index contributed by atoms with van der Waals surface area (Å²) in [4.78, 5) is 17.1. The van der Waals surface area contributed by atoms with Crippen LogP contribution in [0.1, 0.15) is 17.7 Å². The van der Waals surface area contributed by atoms with Gasteiger partial charge in [-0.25, -0.2) is 4.98 Å². The summed E-state index contributed by atoms with van der Waals surface area (Å²) in [6, 6.07) is 17.4. The van der Waals surface area contributed by atoms with Crippen LogP contribution in [0.2, 0.25) is 0 Å². The van der Waals surface area contributed by atoms with E-state index in [0.29, 0.717) is 6.61 Å². The molecule has 1 atom stereocenters. The number of ether oxygens (including phenoxy) is 2. The summed E-state index contributed by atoms with van der Waals surface area (Å²) in [7, 11) is 1.64. The first kappa shape index (κ1) is 18.5. The average Bonchev–Trinajstić information content (AvgIpc) is 3.16. The zero-order valence-corrected chi connectivity index (χ0v) is 16.2. The maximum Gasteiger partial charge on any atom is 0.324 e. The van der Waals surface area contributed by atoms with Crippen molar-refractivity contribution in [1.29, 1.82) is 0 Å². The molecule has 26 heavy (non-hydrogen) atoms. The Bertz CT molecular complexity index is 847. The van der Waals surface area contributed by atoms with Crippen molar-refractivity contribution in [2.45, 2.75) is 16.5 Å². The fourth-order valence-corrected chi connectivity index (χ4v) is 4.42. The van der Waals surface area contributed by atoms with Crippen molar-refractivity contribution in [1.82, 2.24) is 4.98 Å². The Morgan fingerprint density at radius 3 is 2.54 bits per heavy atom. The minimum Gasteiger partial charge on any atom is -0.497 e. The minimum atomic E-state index is -0.425. The van der Waals surface area contributed by atoms with Gasteiger partial charge in [-0.15, -0.1) is 11.3 Å². The Morgan fingerprint density at radius 2 is 1.88 bits per heavy atom. The van der Waals surface area contributed by atoms with Crippen LogP contribution in [-0.4, -0.2) is 24.7 Å². The standard InChI is InChI=1S/C20H19NO3S2/c1-3-24-19(22)18(15-7-5-4-6-8-15)26-20-21-17(13-25-20)14-9-11-16(23-2)12-10-14/h4-13,18H,3H2,1-2H3/t18-/m0/s1. The number of rotatable bonds is 7. The molecule has 0 aliphatic heterocycles. The number of aromatic nitrogens is 1. The number of hydrogen-bond acceptors (Lipinski definition) is 6. The third kappa shape index (κ3) is 4.45. The van der Waals surface area contributed by atoms with Crippen molar-refractivity contribution >= 4 is 29.1 Å². The van der Waals surface area contributed by atoms with Crippen LogP contribution in [0.5, 0.6) is 5.75 Å². The average molecular weight is 386 g/mol. The van der Waals surface area contributed by atoms with Gasteiger partial charge < -0.3 is 9.47 Å². The van der Waals surface area contributed by atoms with Gasteiger partial charge in [0.1, 0.15) is 11.0 Å². The summed E-state index contributed by atoms with van der Waals surface area (Å²) in [5.41, 5.74) is 2.81. The Balaban J connectivity index is 1.81. The van der Waals surface area contributed by atoms with Gasteiger partial charge in [-0.2, -0.15) is 0 Å². The number of benzene rings is 2. The molecule has 0 fully saturated rings. The summed E-state index contributed by atoms with van der Waals surface area (Å²) in [6.45, 7) is 2.17. The third-order valence-corrected chi connectivity index (χ3v) is 5.90. The van der Waals surface area contributed by atoms with Gasteiger partial charge >= 0.3 is 5.97 Å². The second-order valence-corrected chi connectivity index (χ2v) is 7.60. The van der Waals surface area contributed by atoms with E-state index in [1.54, 1.807) is 7.11 Å². The first-order chi connectivity index (χ1) is 12.7. The second-order valence-electron chi connectivity index (χ2n) is 5.39. The van der Waals surface area contributed by atoms with Crippen LogP contribution in [0.3, 0.4) is 0 Å². The number of esters is 1. The Morgan fingerprint density at radius 1 is 1.15 bits per heavy atom. The first-order valence-corrected chi connectivity index (χ1v) is 9.95. The van der Waals surface area contributed by atoms with Crippen LogP contribution in [0.15, 0.2) is 64.3 Å². The number of thiazole rings is 1. The predicted octanol–water partition coefficient (Wildman–Crippen LogP) is 5.22. The molecular weight excluding hydrogens is 366 g/mol. The van der Waals surface area contributed by atoms with E-state index in [9.17, 15) is 4.79 Å². The van der Waals surface area contributed by atoms with E-state index in [-0.39, 0.29) is 5.97 Å². The Kier molecular flexibility index (Phi) is 6.30. The van der Waals surface area contributed by atoms with Gasteiger partial charge in [0, 0.05) is 10.9 Å². The van der Waals surface area contributed by atoms with Gasteiger partial charge in [0.05, 0.1) is 19.4 Å². The summed E-state index contributed by atoms with van der Waals surface area (Å²) in [6.07, 6.45) is 0. The van der Waals surface area contributed by atoms with E-state index in [1.165, 1.54) is 23.1 Å². The lowest BCUT2D eigenvalue weighted by molar-refractivity contribution is -0.142. The quantitative estimate of drug-likeness (QED) is 0.412. The molecule has 0 N–H and O–H groups in total. The fourth-order valence-electron chi connectivity index (χ4n) is 2.40. The summed E-state index contributed by atoms with van der Waals surface area (Å²) in [5, 5.41) is 1.57. The molecule has 0 aliphatic rings. The minimum absolute atomic E-state index is 0.245. The number of carbonyl (C=O) groups is 1. The fraction of sp³-hybridized carbons (Fsp3) is 0.200. The van der Waals surface area contributed by atoms with E-state index < -0.39 is 5.25 Å². The zero-order valence-electron chi connectivity index (χ0n) is 14.5. The number of thioether (sulfide) groups is 1. The molecule has 0 bridgehead atoms. The lowest BCUT2D eigenvalue weighted by Crippen LogP contribution is -2.13. The smallest absolute Gasteiger partial charge is 0.324 e. The van der Waals surface area contributed by atoms with E-state index in [1.807, 2.05) is 66.9 Å². The SMILES string of the molecule is CCOC(=O)[C@@H](Sc1nc(-c2ccc(OC)cc2)cs1)c1ccccc1. The summed E-state index contributed by atoms with van der Waals surface area (Å²) >= 11 is 2.95. The molecule has 0 amide bonds. The van der Waals surface area contributed by atoms with Crippen LogP contribution < -0.4 is 4.74 Å². The van der Waals surface area contributed by atoms with Crippen LogP contribution >= 0.6 is 23.1 Å². The molecule has 134 valence electrons. The van der Waals surface area contributed by atoms with Gasteiger partial charge in [0.15, 0.2) is 4.34 Å². The van der Waals surface area contributed by atoms with E-state index in [4.69, 9.17) is 9.47 Å². The number of methoxy groups -OCH3 is 1. The van der Waals surface area contributed by atoms with Crippen LogP contribution in [0.25, 0.3) is 11.3 Å². The van der Waals surface area contributed by atoms with Crippen molar-refractivity contribution < 1.29 is 14.3 Å². The molecule has 1 aromatic heterocycles. The zero-order chi connectivity index (χ0) is 18.4. The van der Waals surface area contributed by atoms with Gasteiger partial charge in [-0.05, 0) is 36.8 Å². The monoisotopic (exact) mass is 385 g/mol. The van der Waals surface area contributed by atoms with Gasteiger partial charge in [-0.3, -0.25) is 4.79 Å². The van der Waals surface area contributed by atoms with Gasteiger partial charge in [0.2, 0.25) is 0 Å². The predicted molar refractivity (Wildman–Crippen MR) is 106 cm³/mol. The molecule has 0 saturated carbocycles. The molecule has 3 rings (SSSR count). The second kappa shape index (κ2) is 8.87. The molecule has 1 heterocycles.